The van der Waals surface area contributed by atoms with E-state index in [0.29, 0.717) is 5.69 Å². The number of rotatable bonds is 1. The van der Waals surface area contributed by atoms with Crippen LogP contribution in [0.25, 0.3) is 0 Å². The van der Waals surface area contributed by atoms with E-state index in [4.69, 9.17) is 0 Å². The number of fused-ring (bicyclic) bond motifs is 1. The minimum atomic E-state index is -0.754. The summed E-state index contributed by atoms with van der Waals surface area (Å²) in [5, 5.41) is 2.55. The zero-order valence-electron chi connectivity index (χ0n) is 13.2. The summed E-state index contributed by atoms with van der Waals surface area (Å²) in [7, 11) is 1.67. The van der Waals surface area contributed by atoms with Crippen LogP contribution in [0.3, 0.4) is 0 Å². The lowest BCUT2D eigenvalue weighted by Gasteiger charge is -2.19. The van der Waals surface area contributed by atoms with Gasteiger partial charge in [-0.25, -0.2) is 0 Å². The SMILES string of the molecule is CN1C(=O)CN(C(=O)C(=O)Nc2ccccc2)Cc2ccccc21. The molecule has 0 bridgehead atoms. The van der Waals surface area contributed by atoms with Crippen LogP contribution < -0.4 is 10.2 Å². The van der Waals surface area contributed by atoms with Crippen LogP contribution in [-0.4, -0.2) is 36.2 Å². The van der Waals surface area contributed by atoms with Gasteiger partial charge in [0.2, 0.25) is 5.91 Å². The highest BCUT2D eigenvalue weighted by Gasteiger charge is 2.29. The van der Waals surface area contributed by atoms with Crippen molar-refractivity contribution < 1.29 is 14.4 Å². The van der Waals surface area contributed by atoms with Gasteiger partial charge in [0.25, 0.3) is 0 Å². The van der Waals surface area contributed by atoms with Crippen molar-refractivity contribution in [2.24, 2.45) is 0 Å². The third-order valence-corrected chi connectivity index (χ3v) is 3.93. The molecule has 122 valence electrons. The number of carbonyl (C=O) groups excluding carboxylic acids is 3. The Morgan fingerprint density at radius 3 is 2.38 bits per heavy atom. The average molecular weight is 323 g/mol. The molecule has 0 radical (unpaired) electrons. The van der Waals surface area contributed by atoms with Gasteiger partial charge in [-0.05, 0) is 23.8 Å². The summed E-state index contributed by atoms with van der Waals surface area (Å²) >= 11 is 0. The highest BCUT2D eigenvalue weighted by molar-refractivity contribution is 6.39. The van der Waals surface area contributed by atoms with E-state index in [-0.39, 0.29) is 19.0 Å². The first-order valence-electron chi connectivity index (χ1n) is 7.56. The van der Waals surface area contributed by atoms with Gasteiger partial charge in [0.05, 0.1) is 0 Å². The van der Waals surface area contributed by atoms with E-state index in [1.54, 1.807) is 31.3 Å². The topological polar surface area (TPSA) is 69.7 Å². The van der Waals surface area contributed by atoms with Gasteiger partial charge in [-0.15, -0.1) is 0 Å². The molecule has 3 amide bonds. The molecular formula is C18H17N3O3. The van der Waals surface area contributed by atoms with Crippen LogP contribution in [0.1, 0.15) is 5.56 Å². The number of anilines is 2. The first-order valence-corrected chi connectivity index (χ1v) is 7.56. The van der Waals surface area contributed by atoms with Crippen molar-refractivity contribution in [3.05, 3.63) is 60.2 Å². The fourth-order valence-corrected chi connectivity index (χ4v) is 2.63. The van der Waals surface area contributed by atoms with Crippen LogP contribution in [0, 0.1) is 0 Å². The largest absolute Gasteiger partial charge is 0.321 e. The molecule has 1 N–H and O–H groups in total. The second-order valence-electron chi connectivity index (χ2n) is 5.56. The van der Waals surface area contributed by atoms with Gasteiger partial charge in [-0.1, -0.05) is 36.4 Å². The number of para-hydroxylation sites is 2. The van der Waals surface area contributed by atoms with Crippen molar-refractivity contribution in [2.75, 3.05) is 23.8 Å². The number of likely N-dealkylation sites (N-methyl/N-ethyl adjacent to an activating group) is 1. The molecule has 3 rings (SSSR count). The van der Waals surface area contributed by atoms with E-state index >= 15 is 0 Å². The molecule has 0 spiro atoms. The molecule has 1 aliphatic heterocycles. The number of carbonyl (C=O) groups is 3. The van der Waals surface area contributed by atoms with E-state index in [0.717, 1.165) is 11.3 Å². The fraction of sp³-hybridized carbons (Fsp3) is 0.167. The lowest BCUT2D eigenvalue weighted by atomic mass is 10.1. The lowest BCUT2D eigenvalue weighted by Crippen LogP contribution is -2.43. The van der Waals surface area contributed by atoms with Crippen LogP contribution in [0.4, 0.5) is 11.4 Å². The lowest BCUT2D eigenvalue weighted by molar-refractivity contribution is -0.144. The average Bonchev–Trinajstić information content (AvgIpc) is 2.72. The van der Waals surface area contributed by atoms with Gasteiger partial charge in [-0.3, -0.25) is 14.4 Å². The van der Waals surface area contributed by atoms with Crippen molar-refractivity contribution in [3.8, 4) is 0 Å². The van der Waals surface area contributed by atoms with Crippen LogP contribution in [-0.2, 0) is 20.9 Å². The molecule has 0 atom stereocenters. The van der Waals surface area contributed by atoms with Crippen molar-refractivity contribution in [3.63, 3.8) is 0 Å². The number of amides is 3. The summed E-state index contributed by atoms with van der Waals surface area (Å²) in [6.07, 6.45) is 0. The molecule has 0 saturated carbocycles. The van der Waals surface area contributed by atoms with Gasteiger partial charge in [-0.2, -0.15) is 0 Å². The van der Waals surface area contributed by atoms with E-state index in [1.807, 2.05) is 30.3 Å². The highest BCUT2D eigenvalue weighted by atomic mass is 16.2. The predicted molar refractivity (Wildman–Crippen MR) is 90.3 cm³/mol. The second-order valence-corrected chi connectivity index (χ2v) is 5.56. The standard InChI is InChI=1S/C18H17N3O3/c1-20-15-10-6-5-7-13(15)11-21(12-16(20)22)18(24)17(23)19-14-8-3-2-4-9-14/h2-10H,11-12H2,1H3,(H,19,23). The second kappa shape index (κ2) is 6.54. The van der Waals surface area contributed by atoms with E-state index in [1.165, 1.54) is 9.80 Å². The van der Waals surface area contributed by atoms with E-state index in [2.05, 4.69) is 5.32 Å². The maximum Gasteiger partial charge on any atom is 0.313 e. The molecule has 6 nitrogen and oxygen atoms in total. The maximum absolute atomic E-state index is 12.5. The van der Waals surface area contributed by atoms with Crippen LogP contribution >= 0.6 is 0 Å². The number of benzene rings is 2. The van der Waals surface area contributed by atoms with Crippen molar-refractivity contribution in [2.45, 2.75) is 6.54 Å². The molecule has 2 aromatic rings. The normalized spacial score (nSPS) is 14.0. The maximum atomic E-state index is 12.5. The molecule has 0 unspecified atom stereocenters. The van der Waals surface area contributed by atoms with Crippen molar-refractivity contribution in [1.29, 1.82) is 0 Å². The number of nitrogens with zero attached hydrogens (tertiary/aromatic N) is 2. The Kier molecular flexibility index (Phi) is 4.29. The molecule has 24 heavy (non-hydrogen) atoms. The Balaban J connectivity index is 1.80. The van der Waals surface area contributed by atoms with Crippen molar-refractivity contribution >= 4 is 29.1 Å². The Hall–Kier alpha value is -3.15. The first kappa shape index (κ1) is 15.7. The molecule has 0 fully saturated rings. The summed E-state index contributed by atoms with van der Waals surface area (Å²) in [5.74, 6) is -1.71. The zero-order chi connectivity index (χ0) is 17.1. The highest BCUT2D eigenvalue weighted by Crippen LogP contribution is 2.24. The predicted octanol–water partition coefficient (Wildman–Crippen LogP) is 1.63. The van der Waals surface area contributed by atoms with Gasteiger partial charge in [0, 0.05) is 25.0 Å². The Morgan fingerprint density at radius 1 is 0.958 bits per heavy atom. The van der Waals surface area contributed by atoms with Crippen LogP contribution in [0.5, 0.6) is 0 Å². The molecule has 2 aromatic carbocycles. The van der Waals surface area contributed by atoms with E-state index in [9.17, 15) is 14.4 Å². The summed E-state index contributed by atoms with van der Waals surface area (Å²) in [6.45, 7) is 0.0829. The third kappa shape index (κ3) is 3.12. The summed E-state index contributed by atoms with van der Waals surface area (Å²) in [4.78, 5) is 39.7. The molecule has 6 heteroatoms. The van der Waals surface area contributed by atoms with Gasteiger partial charge >= 0.3 is 11.8 Å². The zero-order valence-corrected chi connectivity index (χ0v) is 13.2. The quantitative estimate of drug-likeness (QED) is 0.811. The monoisotopic (exact) mass is 323 g/mol. The molecular weight excluding hydrogens is 306 g/mol. The van der Waals surface area contributed by atoms with Crippen LogP contribution in [0.15, 0.2) is 54.6 Å². The number of nitrogens with one attached hydrogen (secondary N) is 1. The van der Waals surface area contributed by atoms with Crippen molar-refractivity contribution in [1.82, 2.24) is 4.90 Å². The summed E-state index contributed by atoms with van der Waals surface area (Å²) < 4.78 is 0. The molecule has 1 aliphatic rings. The molecule has 0 aromatic heterocycles. The number of hydrogen-bond donors (Lipinski definition) is 1. The summed E-state index contributed by atoms with van der Waals surface area (Å²) in [5.41, 5.74) is 2.11. The first-order chi connectivity index (χ1) is 11.6. The Morgan fingerprint density at radius 2 is 1.62 bits per heavy atom. The minimum absolute atomic E-state index is 0.133. The van der Waals surface area contributed by atoms with Crippen LogP contribution in [0.2, 0.25) is 0 Å². The Labute approximate surface area is 139 Å². The minimum Gasteiger partial charge on any atom is -0.321 e. The van der Waals surface area contributed by atoms with Gasteiger partial charge in [0.1, 0.15) is 6.54 Å². The molecule has 1 heterocycles. The Bertz CT molecular complexity index is 789. The molecule has 0 aliphatic carbocycles. The van der Waals surface area contributed by atoms with Gasteiger partial charge < -0.3 is 15.1 Å². The van der Waals surface area contributed by atoms with E-state index < -0.39 is 11.8 Å². The fourth-order valence-electron chi connectivity index (χ4n) is 2.63. The molecule has 0 saturated heterocycles. The third-order valence-electron chi connectivity index (χ3n) is 3.93. The summed E-state index contributed by atoms with van der Waals surface area (Å²) in [6, 6.07) is 16.1. The van der Waals surface area contributed by atoms with Gasteiger partial charge in [0.15, 0.2) is 0 Å². The number of hydrogen-bond acceptors (Lipinski definition) is 3. The smallest absolute Gasteiger partial charge is 0.313 e.